The molecule has 0 fully saturated rings. The van der Waals surface area contributed by atoms with Gasteiger partial charge in [0, 0.05) is 18.6 Å². The minimum absolute atomic E-state index is 0.0315. The number of benzene rings is 1. The van der Waals surface area contributed by atoms with E-state index in [2.05, 4.69) is 4.72 Å². The van der Waals surface area contributed by atoms with Gasteiger partial charge in [-0.15, -0.1) is 0 Å². The summed E-state index contributed by atoms with van der Waals surface area (Å²) in [7, 11) is -4.38. The number of carbonyl (C=O) groups is 1. The minimum atomic E-state index is -5.18. The topological polar surface area (TPSA) is 66.5 Å². The molecule has 0 bridgehead atoms. The van der Waals surface area contributed by atoms with Crippen LogP contribution in [0.25, 0.3) is 0 Å². The van der Waals surface area contributed by atoms with Gasteiger partial charge in [0.15, 0.2) is 0 Å². The number of fused-ring (bicyclic) bond motifs is 1. The van der Waals surface area contributed by atoms with E-state index < -0.39 is 57.4 Å². The molecule has 0 aliphatic carbocycles. The fourth-order valence-corrected chi connectivity index (χ4v) is 4.63. The average molecular weight is 432 g/mol. The highest BCUT2D eigenvalue weighted by Crippen LogP contribution is 2.36. The van der Waals surface area contributed by atoms with Crippen molar-refractivity contribution in [3.63, 3.8) is 0 Å². The predicted molar refractivity (Wildman–Crippen MR) is 86.7 cm³/mol. The highest BCUT2D eigenvalue weighted by atomic mass is 32.2. The van der Waals surface area contributed by atoms with E-state index in [1.54, 1.807) is 0 Å². The third-order valence-electron chi connectivity index (χ3n) is 3.88. The Labute approximate surface area is 157 Å². The molecule has 2 rings (SSSR count). The molecule has 0 saturated heterocycles. The Morgan fingerprint density at radius 2 is 1.64 bits per heavy atom. The summed E-state index contributed by atoms with van der Waals surface area (Å²) in [5.74, 6) is -2.19. The number of carbonyl (C=O) groups excluding carboxylic acids is 1. The fourth-order valence-electron chi connectivity index (χ4n) is 2.87. The van der Waals surface area contributed by atoms with Crippen molar-refractivity contribution in [2.45, 2.75) is 56.5 Å². The van der Waals surface area contributed by atoms with Gasteiger partial charge in [0.25, 0.3) is 0 Å². The molecule has 28 heavy (non-hydrogen) atoms. The minimum Gasteiger partial charge on any atom is -0.330 e. The standard InChI is InChI=1S/C16H18F6N2O3S/c1-14(2,3)23-28(26,27)12-7-10(15(17,18)19)6-9-8-24(5-4-11(9)12)13(25)16(20,21)22/h6-7,23H,4-5,8H2,1-3H3. The lowest BCUT2D eigenvalue weighted by molar-refractivity contribution is -0.186. The molecule has 158 valence electrons. The van der Waals surface area contributed by atoms with Crippen molar-refractivity contribution in [2.24, 2.45) is 0 Å². The first-order valence-electron chi connectivity index (χ1n) is 8.05. The molecule has 1 aliphatic heterocycles. The highest BCUT2D eigenvalue weighted by molar-refractivity contribution is 7.89. The lowest BCUT2D eigenvalue weighted by Gasteiger charge is -2.32. The molecule has 0 aromatic heterocycles. The maximum Gasteiger partial charge on any atom is 0.471 e. The molecule has 1 amide bonds. The van der Waals surface area contributed by atoms with Crippen LogP contribution in [0.15, 0.2) is 17.0 Å². The SMILES string of the molecule is CC(C)(C)NS(=O)(=O)c1cc(C(F)(F)F)cc2c1CCN(C(=O)C(F)(F)F)C2. The second-order valence-electron chi connectivity index (χ2n) is 7.44. The third kappa shape index (κ3) is 4.96. The number of alkyl halides is 6. The first-order chi connectivity index (χ1) is 12.4. The van der Waals surface area contributed by atoms with Gasteiger partial charge < -0.3 is 4.90 Å². The van der Waals surface area contributed by atoms with Crippen molar-refractivity contribution in [3.05, 3.63) is 28.8 Å². The molecule has 12 heteroatoms. The number of hydrogen-bond donors (Lipinski definition) is 1. The van der Waals surface area contributed by atoms with E-state index in [1.165, 1.54) is 20.8 Å². The van der Waals surface area contributed by atoms with E-state index in [0.717, 1.165) is 0 Å². The molecule has 0 atom stereocenters. The van der Waals surface area contributed by atoms with E-state index in [1.807, 2.05) is 0 Å². The van der Waals surface area contributed by atoms with E-state index in [-0.39, 0.29) is 17.5 Å². The van der Waals surface area contributed by atoms with Crippen LogP contribution in [-0.2, 0) is 34.0 Å². The molecule has 0 spiro atoms. The number of hydrogen-bond acceptors (Lipinski definition) is 3. The molecule has 1 aromatic rings. The Balaban J connectivity index is 2.60. The number of rotatable bonds is 2. The maximum absolute atomic E-state index is 13.2. The predicted octanol–water partition coefficient (Wildman–Crippen LogP) is 3.23. The normalized spacial score (nSPS) is 16.1. The number of amides is 1. The Kier molecular flexibility index (Phi) is 5.54. The molecule has 0 saturated carbocycles. The van der Waals surface area contributed by atoms with Crippen molar-refractivity contribution in [2.75, 3.05) is 6.54 Å². The van der Waals surface area contributed by atoms with E-state index in [0.29, 0.717) is 17.0 Å². The molecular formula is C16H18F6N2O3S. The van der Waals surface area contributed by atoms with Gasteiger partial charge in [-0.1, -0.05) is 0 Å². The van der Waals surface area contributed by atoms with Gasteiger partial charge in [-0.3, -0.25) is 4.79 Å². The zero-order chi connectivity index (χ0) is 21.7. The number of sulfonamides is 1. The zero-order valence-electron chi connectivity index (χ0n) is 15.1. The van der Waals surface area contributed by atoms with Crippen molar-refractivity contribution < 1.29 is 39.6 Å². The van der Waals surface area contributed by atoms with Crippen LogP contribution in [0.3, 0.4) is 0 Å². The first-order valence-corrected chi connectivity index (χ1v) is 9.53. The quantitative estimate of drug-likeness (QED) is 0.730. The average Bonchev–Trinajstić information content (AvgIpc) is 2.48. The smallest absolute Gasteiger partial charge is 0.330 e. The van der Waals surface area contributed by atoms with Crippen LogP contribution in [0.1, 0.15) is 37.5 Å². The second kappa shape index (κ2) is 6.90. The van der Waals surface area contributed by atoms with Crippen LogP contribution >= 0.6 is 0 Å². The summed E-state index contributed by atoms with van der Waals surface area (Å²) in [4.78, 5) is 11.1. The number of nitrogens with zero attached hydrogens (tertiary/aromatic N) is 1. The number of nitrogens with one attached hydrogen (secondary N) is 1. The largest absolute Gasteiger partial charge is 0.471 e. The van der Waals surface area contributed by atoms with Gasteiger partial charge in [-0.2, -0.15) is 26.3 Å². The zero-order valence-corrected chi connectivity index (χ0v) is 15.9. The summed E-state index contributed by atoms with van der Waals surface area (Å²) in [6.45, 7) is 3.25. The summed E-state index contributed by atoms with van der Waals surface area (Å²) in [5, 5.41) is 0. The second-order valence-corrected chi connectivity index (χ2v) is 9.09. The van der Waals surface area contributed by atoms with Gasteiger partial charge in [0.1, 0.15) is 0 Å². The molecule has 1 aromatic carbocycles. The van der Waals surface area contributed by atoms with Crippen molar-refractivity contribution >= 4 is 15.9 Å². The van der Waals surface area contributed by atoms with Gasteiger partial charge in [0.05, 0.1) is 10.5 Å². The van der Waals surface area contributed by atoms with Crippen LogP contribution in [0.5, 0.6) is 0 Å². The molecule has 1 heterocycles. The molecule has 1 N–H and O–H groups in total. The summed E-state index contributed by atoms with van der Waals surface area (Å²) in [6.07, 6.45) is -10.4. The molecule has 0 radical (unpaired) electrons. The summed E-state index contributed by atoms with van der Waals surface area (Å²) < 4.78 is 105. The van der Waals surface area contributed by atoms with Crippen LogP contribution in [0.2, 0.25) is 0 Å². The maximum atomic E-state index is 13.2. The fraction of sp³-hybridized carbons (Fsp3) is 0.562. The van der Waals surface area contributed by atoms with Crippen molar-refractivity contribution in [1.29, 1.82) is 0 Å². The summed E-state index contributed by atoms with van der Waals surface area (Å²) in [6, 6.07) is 1.05. The van der Waals surface area contributed by atoms with Crippen LogP contribution in [-0.4, -0.2) is 37.5 Å². The van der Waals surface area contributed by atoms with Gasteiger partial charge in [-0.05, 0) is 50.5 Å². The van der Waals surface area contributed by atoms with Crippen LogP contribution in [0.4, 0.5) is 26.3 Å². The Bertz CT molecular complexity index is 885. The van der Waals surface area contributed by atoms with Gasteiger partial charge in [0.2, 0.25) is 10.0 Å². The molecule has 5 nitrogen and oxygen atoms in total. The lowest BCUT2D eigenvalue weighted by Crippen LogP contribution is -2.45. The highest BCUT2D eigenvalue weighted by Gasteiger charge is 2.44. The van der Waals surface area contributed by atoms with Crippen molar-refractivity contribution in [3.8, 4) is 0 Å². The summed E-state index contributed by atoms with van der Waals surface area (Å²) >= 11 is 0. The third-order valence-corrected chi connectivity index (χ3v) is 5.71. The van der Waals surface area contributed by atoms with E-state index >= 15 is 0 Å². The Morgan fingerprint density at radius 3 is 2.11 bits per heavy atom. The monoisotopic (exact) mass is 432 g/mol. The van der Waals surface area contributed by atoms with Gasteiger partial charge in [-0.25, -0.2) is 13.1 Å². The molecule has 0 unspecified atom stereocenters. The van der Waals surface area contributed by atoms with Crippen molar-refractivity contribution in [1.82, 2.24) is 9.62 Å². The number of halogens is 6. The Hall–Kier alpha value is -1.82. The lowest BCUT2D eigenvalue weighted by atomic mass is 9.97. The van der Waals surface area contributed by atoms with Crippen LogP contribution < -0.4 is 4.72 Å². The first kappa shape index (κ1) is 22.5. The molecular weight excluding hydrogens is 414 g/mol. The van der Waals surface area contributed by atoms with Crippen LogP contribution in [0, 0.1) is 0 Å². The summed E-state index contributed by atoms with van der Waals surface area (Å²) in [5.41, 5.74) is -2.63. The van der Waals surface area contributed by atoms with E-state index in [4.69, 9.17) is 0 Å². The van der Waals surface area contributed by atoms with E-state index in [9.17, 15) is 39.6 Å². The van der Waals surface area contributed by atoms with Gasteiger partial charge >= 0.3 is 18.3 Å². The Morgan fingerprint density at radius 1 is 1.07 bits per heavy atom. The molecule has 1 aliphatic rings.